The maximum Gasteiger partial charge on any atom is 0.312 e. The van der Waals surface area contributed by atoms with Crippen LogP contribution in [0.4, 0.5) is 17.2 Å². The quantitative estimate of drug-likeness (QED) is 0.0772. The van der Waals surface area contributed by atoms with Crippen molar-refractivity contribution in [2.75, 3.05) is 62.8 Å². The van der Waals surface area contributed by atoms with E-state index in [1.54, 1.807) is 24.4 Å². The number of amides is 1. The third-order valence-electron chi connectivity index (χ3n) is 13.8. The summed E-state index contributed by atoms with van der Waals surface area (Å²) in [6.07, 6.45) is 9.34. The van der Waals surface area contributed by atoms with E-state index in [0.29, 0.717) is 56.0 Å². The number of benzene rings is 2. The van der Waals surface area contributed by atoms with Crippen LogP contribution in [0.5, 0.6) is 11.5 Å². The summed E-state index contributed by atoms with van der Waals surface area (Å²) in [5.41, 5.74) is 2.95. The number of hydrogen-bond acceptors (Lipinski definition) is 14. The Morgan fingerprint density at radius 2 is 1.80 bits per heavy atom. The molecule has 9 rings (SSSR count). The Morgan fingerprint density at radius 3 is 2.55 bits per heavy atom. The van der Waals surface area contributed by atoms with Gasteiger partial charge in [0, 0.05) is 74.8 Å². The number of sulfonamides is 1. The summed E-state index contributed by atoms with van der Waals surface area (Å²) in [5.74, 6) is -0.325. The first kappa shape index (κ1) is 44.1. The number of nitrogens with one attached hydrogen (secondary N) is 3. The zero-order valence-corrected chi connectivity index (χ0v) is 37.3. The van der Waals surface area contributed by atoms with Gasteiger partial charge in [-0.15, -0.1) is 0 Å². The van der Waals surface area contributed by atoms with Crippen molar-refractivity contribution in [3.8, 4) is 17.6 Å². The van der Waals surface area contributed by atoms with Crippen LogP contribution in [0.3, 0.4) is 0 Å². The van der Waals surface area contributed by atoms with Crippen LogP contribution in [0, 0.1) is 32.3 Å². The molecule has 1 amide bonds. The number of H-pyrrole nitrogens is 1. The second-order valence-corrected chi connectivity index (χ2v) is 19.8. The Morgan fingerprint density at radius 1 is 1.02 bits per heavy atom. The van der Waals surface area contributed by atoms with Crippen molar-refractivity contribution in [3.63, 3.8) is 0 Å². The summed E-state index contributed by atoms with van der Waals surface area (Å²) in [5, 5.41) is 25.6. The van der Waals surface area contributed by atoms with E-state index in [9.17, 15) is 28.6 Å². The number of carbonyl (C=O) groups excluding carboxylic acids is 1. The van der Waals surface area contributed by atoms with E-state index < -0.39 is 36.9 Å². The lowest BCUT2D eigenvalue weighted by Crippen LogP contribution is -2.58. The number of nitriles is 1. The molecule has 3 aliphatic heterocycles. The Balaban J connectivity index is 0.909. The predicted octanol–water partition coefficient (Wildman–Crippen LogP) is 7.46. The van der Waals surface area contributed by atoms with E-state index >= 15 is 0 Å². The number of rotatable bonds is 13. The van der Waals surface area contributed by atoms with Crippen molar-refractivity contribution < 1.29 is 32.3 Å². The minimum Gasteiger partial charge on any atom is -0.455 e. The number of aromatic nitrogens is 3. The number of nitro groups is 1. The molecule has 5 aromatic rings. The Labute approximate surface area is 377 Å². The largest absolute Gasteiger partial charge is 0.455 e. The summed E-state index contributed by atoms with van der Waals surface area (Å²) in [6.45, 7) is 9.26. The predicted molar refractivity (Wildman–Crippen MR) is 242 cm³/mol. The number of ether oxygens (including phenoxy) is 3. The molecule has 340 valence electrons. The van der Waals surface area contributed by atoms with Gasteiger partial charge in [-0.2, -0.15) is 5.26 Å². The van der Waals surface area contributed by atoms with E-state index in [4.69, 9.17) is 14.2 Å². The summed E-state index contributed by atoms with van der Waals surface area (Å²) < 4.78 is 47.2. The molecule has 1 atom stereocenters. The average Bonchev–Trinajstić information content (AvgIpc) is 3.78. The molecular weight excluding hydrogens is 851 g/mol. The van der Waals surface area contributed by atoms with Crippen molar-refractivity contribution >= 4 is 44.2 Å². The van der Waals surface area contributed by atoms with E-state index in [2.05, 4.69) is 79.0 Å². The SMILES string of the molecule is CC(C)c1ccccc1[C@@H]1COCCN1C1CC2(CCN(c3ccc(C(=O)NS(=O)(=O)c4cnc(NCC5(C#N)CCOCC5)c([N+](=O)[O-])c4)c(Oc4cnc5[nH]ccc5c4)c3)CC2)C1. The van der Waals surface area contributed by atoms with Crippen molar-refractivity contribution in [1.82, 2.24) is 24.6 Å². The van der Waals surface area contributed by atoms with Crippen molar-refractivity contribution in [3.05, 3.63) is 106 Å². The molecule has 17 nitrogen and oxygen atoms in total. The van der Waals surface area contributed by atoms with Crippen molar-refractivity contribution in [2.45, 2.75) is 75.3 Å². The summed E-state index contributed by atoms with van der Waals surface area (Å²) in [6, 6.07) is 21.3. The van der Waals surface area contributed by atoms with Gasteiger partial charge >= 0.3 is 5.69 Å². The second-order valence-electron chi connectivity index (χ2n) is 18.1. The Bertz CT molecular complexity index is 2730. The molecule has 4 aliphatic rings. The fourth-order valence-electron chi connectivity index (χ4n) is 10.0. The topological polar surface area (TPSA) is 218 Å². The molecular formula is C47H53N9O8S. The number of fused-ring (bicyclic) bond motifs is 1. The molecule has 0 radical (unpaired) electrons. The Hall–Kier alpha value is -6.13. The second kappa shape index (κ2) is 18.0. The highest BCUT2D eigenvalue weighted by atomic mass is 32.2. The normalized spacial score (nSPS) is 20.0. The molecule has 1 saturated carbocycles. The fraction of sp³-hybridized carbons (Fsp3) is 0.447. The molecule has 0 bridgehead atoms. The molecule has 4 fully saturated rings. The van der Waals surface area contributed by atoms with Gasteiger partial charge in [0.25, 0.3) is 15.9 Å². The van der Waals surface area contributed by atoms with Gasteiger partial charge in [-0.1, -0.05) is 38.1 Å². The maximum absolute atomic E-state index is 14.0. The van der Waals surface area contributed by atoms with Crippen LogP contribution in [0.2, 0.25) is 0 Å². The zero-order valence-electron chi connectivity index (χ0n) is 36.5. The maximum atomic E-state index is 14.0. The summed E-state index contributed by atoms with van der Waals surface area (Å²) in [4.78, 5) is 41.2. The van der Waals surface area contributed by atoms with Crippen LogP contribution in [-0.4, -0.2) is 97.7 Å². The van der Waals surface area contributed by atoms with E-state index in [-0.39, 0.29) is 35.1 Å². The van der Waals surface area contributed by atoms with E-state index in [0.717, 1.165) is 75.3 Å². The molecule has 3 saturated heterocycles. The average molecular weight is 904 g/mol. The molecule has 65 heavy (non-hydrogen) atoms. The minimum atomic E-state index is -4.68. The van der Waals surface area contributed by atoms with Gasteiger partial charge in [0.2, 0.25) is 5.82 Å². The van der Waals surface area contributed by atoms with Gasteiger partial charge in [-0.05, 0) is 85.3 Å². The monoisotopic (exact) mass is 903 g/mol. The van der Waals surface area contributed by atoms with Gasteiger partial charge < -0.3 is 29.4 Å². The number of aromatic amines is 1. The highest BCUT2D eigenvalue weighted by molar-refractivity contribution is 7.90. The molecule has 3 N–H and O–H groups in total. The number of hydrogen-bond donors (Lipinski definition) is 3. The molecule has 0 unspecified atom stereocenters. The third kappa shape index (κ3) is 9.10. The smallest absolute Gasteiger partial charge is 0.312 e. The van der Waals surface area contributed by atoms with Crippen LogP contribution in [-0.2, 0) is 19.5 Å². The van der Waals surface area contributed by atoms with Gasteiger partial charge in [-0.3, -0.25) is 19.8 Å². The van der Waals surface area contributed by atoms with Crippen LogP contribution in [0.25, 0.3) is 11.0 Å². The number of carbonyl (C=O) groups is 1. The first-order valence-corrected chi connectivity index (χ1v) is 23.7. The first-order chi connectivity index (χ1) is 31.3. The molecule has 3 aromatic heterocycles. The summed E-state index contributed by atoms with van der Waals surface area (Å²) >= 11 is 0. The first-order valence-electron chi connectivity index (χ1n) is 22.2. The lowest BCUT2D eigenvalue weighted by Gasteiger charge is -2.57. The summed E-state index contributed by atoms with van der Waals surface area (Å²) in [7, 11) is -4.68. The van der Waals surface area contributed by atoms with Crippen molar-refractivity contribution in [2.24, 2.45) is 10.8 Å². The van der Waals surface area contributed by atoms with Crippen molar-refractivity contribution in [1.29, 1.82) is 5.26 Å². The molecule has 2 aromatic carbocycles. The molecule has 6 heterocycles. The molecule has 1 spiro atoms. The molecule has 18 heteroatoms. The number of pyridine rings is 2. The van der Waals surface area contributed by atoms with Gasteiger partial charge in [-0.25, -0.2) is 23.1 Å². The van der Waals surface area contributed by atoms with Crippen LogP contribution in [0.1, 0.15) is 85.8 Å². The van der Waals surface area contributed by atoms with Gasteiger partial charge in [0.15, 0.2) is 0 Å². The lowest BCUT2D eigenvalue weighted by molar-refractivity contribution is -0.384. The van der Waals surface area contributed by atoms with Gasteiger partial charge in [0.1, 0.15) is 22.0 Å². The van der Waals surface area contributed by atoms with Gasteiger partial charge in [0.05, 0.1) is 53.6 Å². The van der Waals surface area contributed by atoms with Crippen LogP contribution < -0.4 is 19.7 Å². The zero-order chi connectivity index (χ0) is 45.3. The number of piperidine rings is 1. The number of nitrogens with zero attached hydrogens (tertiary/aromatic N) is 6. The van der Waals surface area contributed by atoms with E-state index in [1.807, 2.05) is 6.07 Å². The molecule has 1 aliphatic carbocycles. The fourth-order valence-corrected chi connectivity index (χ4v) is 10.9. The Kier molecular flexibility index (Phi) is 12.2. The highest BCUT2D eigenvalue weighted by Crippen LogP contribution is 2.53. The number of anilines is 2. The van der Waals surface area contributed by atoms with Crippen LogP contribution >= 0.6 is 0 Å². The number of morpholine rings is 1. The lowest BCUT2D eigenvalue weighted by atomic mass is 9.59. The minimum absolute atomic E-state index is 0.0530. The van der Waals surface area contributed by atoms with E-state index in [1.165, 1.54) is 23.4 Å². The van der Waals surface area contributed by atoms with Crippen LogP contribution in [0.15, 0.2) is 84.1 Å². The standard InChI is InChI=1S/C47H53N9O8S/c1-31(2)37-5-3-4-6-38(37)41-28-63-20-17-55(41)34-24-46(25-34)10-15-54(16-11-46)33-7-8-39(42(22-33)64-35-21-32-9-14-49-43(32)50-26-35)45(57)53-65(60,61)36-23-40(56(58)59)44(51-27-36)52-30-47(29-48)12-18-62-19-13-47/h3-9,14,21-23,26-27,31,34,41H,10-13,15-20,24-25,28,30H2,1-2H3,(H,49,50)(H,51,52)(H,53,57)/t41-/m0/s1. The third-order valence-corrected chi connectivity index (χ3v) is 15.1. The highest BCUT2D eigenvalue weighted by Gasteiger charge is 2.50.